The number of halogens is 1. The number of carbonyl (C=O) groups excluding carboxylic acids is 1. The smallest absolute Gasteiger partial charge is 0.317 e. The fraction of sp³-hybridized carbons (Fsp3) is 0.591. The third kappa shape index (κ3) is 4.91. The van der Waals surface area contributed by atoms with E-state index in [1.165, 1.54) is 18.6 Å². The second-order valence-corrected chi connectivity index (χ2v) is 8.69. The Morgan fingerprint density at radius 2 is 2.00 bits per heavy atom. The average Bonchev–Trinajstić information content (AvgIpc) is 3.11. The van der Waals surface area contributed by atoms with Crippen LogP contribution in [-0.4, -0.2) is 51.1 Å². The lowest BCUT2D eigenvalue weighted by molar-refractivity contribution is -0.139. The maximum atomic E-state index is 13.5. The van der Waals surface area contributed by atoms with Gasteiger partial charge in [-0.2, -0.15) is 0 Å². The molecule has 2 fully saturated rings. The molecule has 1 aliphatic carbocycles. The molecule has 2 heterocycles. The van der Waals surface area contributed by atoms with Crippen molar-refractivity contribution in [3.05, 3.63) is 29.8 Å². The van der Waals surface area contributed by atoms with Gasteiger partial charge < -0.3 is 20.3 Å². The summed E-state index contributed by atoms with van der Waals surface area (Å²) in [4.78, 5) is 33.7. The first-order valence-corrected chi connectivity index (χ1v) is 10.9. The Morgan fingerprint density at radius 3 is 2.77 bits per heavy atom. The number of piperidine rings is 1. The number of likely N-dealkylation sites (tertiary alicyclic amines) is 1. The fourth-order valence-corrected chi connectivity index (χ4v) is 4.88. The first-order chi connectivity index (χ1) is 14.5. The van der Waals surface area contributed by atoms with Crippen LogP contribution >= 0.6 is 0 Å². The summed E-state index contributed by atoms with van der Waals surface area (Å²) in [5.74, 6) is -0.490. The van der Waals surface area contributed by atoms with Crippen molar-refractivity contribution in [3.63, 3.8) is 0 Å². The number of imidazole rings is 1. The van der Waals surface area contributed by atoms with Crippen molar-refractivity contribution in [1.82, 2.24) is 20.2 Å². The van der Waals surface area contributed by atoms with Crippen LogP contribution in [0.4, 0.5) is 9.18 Å². The largest absolute Gasteiger partial charge is 0.481 e. The summed E-state index contributed by atoms with van der Waals surface area (Å²) in [5, 5.41) is 12.5. The molecular weight excluding hydrogens is 387 g/mol. The fourth-order valence-electron chi connectivity index (χ4n) is 4.88. The van der Waals surface area contributed by atoms with Gasteiger partial charge in [0.1, 0.15) is 11.6 Å². The van der Waals surface area contributed by atoms with Crippen LogP contribution in [0.2, 0.25) is 0 Å². The van der Waals surface area contributed by atoms with Gasteiger partial charge >= 0.3 is 12.0 Å². The minimum absolute atomic E-state index is 0.0163. The lowest BCUT2D eigenvalue weighted by Crippen LogP contribution is -2.51. The maximum absolute atomic E-state index is 13.5. The van der Waals surface area contributed by atoms with Gasteiger partial charge in [0.25, 0.3) is 0 Å². The SMILES string of the molecule is O=C(O)CC1CCN(C(=O)NC2CCCCC2)CC1Cc1nc2ccc(F)cc2[nH]1. The molecule has 8 heteroatoms. The molecular formula is C22H29FN4O3. The van der Waals surface area contributed by atoms with Crippen molar-refractivity contribution in [2.45, 2.75) is 57.4 Å². The van der Waals surface area contributed by atoms with Gasteiger partial charge in [-0.1, -0.05) is 19.3 Å². The van der Waals surface area contributed by atoms with Crippen molar-refractivity contribution < 1.29 is 19.1 Å². The molecule has 2 amide bonds. The predicted molar refractivity (Wildman–Crippen MR) is 111 cm³/mol. The highest BCUT2D eigenvalue weighted by molar-refractivity contribution is 5.75. The van der Waals surface area contributed by atoms with E-state index in [4.69, 9.17) is 0 Å². The summed E-state index contributed by atoms with van der Waals surface area (Å²) in [7, 11) is 0. The second-order valence-electron chi connectivity index (χ2n) is 8.69. The third-order valence-electron chi connectivity index (χ3n) is 6.50. The number of aromatic amines is 1. The highest BCUT2D eigenvalue weighted by Gasteiger charge is 2.34. The van der Waals surface area contributed by atoms with E-state index < -0.39 is 5.97 Å². The number of rotatable bonds is 5. The van der Waals surface area contributed by atoms with Crippen LogP contribution in [0, 0.1) is 17.7 Å². The molecule has 0 bridgehead atoms. The highest BCUT2D eigenvalue weighted by atomic mass is 19.1. The number of nitrogens with zero attached hydrogens (tertiary/aromatic N) is 2. The van der Waals surface area contributed by atoms with E-state index in [2.05, 4.69) is 15.3 Å². The van der Waals surface area contributed by atoms with Gasteiger partial charge in [-0.25, -0.2) is 14.2 Å². The summed E-state index contributed by atoms with van der Waals surface area (Å²) in [6.45, 7) is 1.07. The van der Waals surface area contributed by atoms with E-state index in [1.54, 1.807) is 6.07 Å². The number of carboxylic acids is 1. The summed E-state index contributed by atoms with van der Waals surface area (Å²) >= 11 is 0. The molecule has 1 saturated carbocycles. The number of H-pyrrole nitrogens is 1. The zero-order chi connectivity index (χ0) is 21.1. The number of carboxylic acid groups (broad SMARTS) is 1. The van der Waals surface area contributed by atoms with Crippen LogP contribution in [0.5, 0.6) is 0 Å². The van der Waals surface area contributed by atoms with Crippen molar-refractivity contribution in [2.24, 2.45) is 11.8 Å². The number of benzene rings is 1. The van der Waals surface area contributed by atoms with Crippen molar-refractivity contribution in [2.75, 3.05) is 13.1 Å². The Hall–Kier alpha value is -2.64. The monoisotopic (exact) mass is 416 g/mol. The molecule has 162 valence electrons. The van der Waals surface area contributed by atoms with E-state index in [0.717, 1.165) is 25.7 Å². The van der Waals surface area contributed by atoms with Crippen molar-refractivity contribution in [3.8, 4) is 0 Å². The van der Waals surface area contributed by atoms with E-state index >= 15 is 0 Å². The summed E-state index contributed by atoms with van der Waals surface area (Å²) in [6, 6.07) is 4.60. The third-order valence-corrected chi connectivity index (χ3v) is 6.50. The molecule has 7 nitrogen and oxygen atoms in total. The number of fused-ring (bicyclic) bond motifs is 1. The number of hydrogen-bond donors (Lipinski definition) is 3. The van der Waals surface area contributed by atoms with Crippen molar-refractivity contribution >= 4 is 23.0 Å². The molecule has 0 radical (unpaired) electrons. The number of urea groups is 1. The topological polar surface area (TPSA) is 98.3 Å². The van der Waals surface area contributed by atoms with E-state index in [0.29, 0.717) is 42.8 Å². The average molecular weight is 416 g/mol. The summed E-state index contributed by atoms with van der Waals surface area (Å²) in [5.41, 5.74) is 1.31. The van der Waals surface area contributed by atoms with Crippen LogP contribution in [0.25, 0.3) is 11.0 Å². The van der Waals surface area contributed by atoms with Gasteiger partial charge in [-0.15, -0.1) is 0 Å². The molecule has 0 spiro atoms. The van der Waals surface area contributed by atoms with Gasteiger partial charge in [-0.3, -0.25) is 4.79 Å². The molecule has 2 unspecified atom stereocenters. The van der Waals surface area contributed by atoms with Crippen LogP contribution in [-0.2, 0) is 11.2 Å². The lowest BCUT2D eigenvalue weighted by Gasteiger charge is -2.38. The quantitative estimate of drug-likeness (QED) is 0.692. The lowest BCUT2D eigenvalue weighted by atomic mass is 9.81. The van der Waals surface area contributed by atoms with Crippen LogP contribution in [0.1, 0.15) is 50.8 Å². The first-order valence-electron chi connectivity index (χ1n) is 10.9. The number of aromatic nitrogens is 2. The molecule has 2 atom stereocenters. The Balaban J connectivity index is 1.45. The molecule has 1 aliphatic heterocycles. The highest BCUT2D eigenvalue weighted by Crippen LogP contribution is 2.30. The zero-order valence-corrected chi connectivity index (χ0v) is 17.1. The Kier molecular flexibility index (Phi) is 6.20. The number of amides is 2. The number of aliphatic carboxylic acids is 1. The van der Waals surface area contributed by atoms with Crippen molar-refractivity contribution in [1.29, 1.82) is 0 Å². The summed E-state index contributed by atoms with van der Waals surface area (Å²) in [6.07, 6.45) is 6.86. The normalized spacial score (nSPS) is 22.9. The molecule has 4 rings (SSSR count). The number of carbonyl (C=O) groups is 2. The van der Waals surface area contributed by atoms with Gasteiger partial charge in [0.05, 0.1) is 11.0 Å². The first kappa shape index (κ1) is 20.6. The predicted octanol–water partition coefficient (Wildman–Crippen LogP) is 3.70. The number of hydrogen-bond acceptors (Lipinski definition) is 3. The van der Waals surface area contributed by atoms with Crippen LogP contribution in [0.3, 0.4) is 0 Å². The summed E-state index contributed by atoms with van der Waals surface area (Å²) < 4.78 is 13.5. The van der Waals surface area contributed by atoms with Gasteiger partial charge in [0.15, 0.2) is 0 Å². The molecule has 1 aromatic carbocycles. The molecule has 1 aromatic heterocycles. The molecule has 30 heavy (non-hydrogen) atoms. The van der Waals surface area contributed by atoms with E-state index in [-0.39, 0.29) is 36.1 Å². The molecule has 1 saturated heterocycles. The van der Waals surface area contributed by atoms with Gasteiger partial charge in [0, 0.05) is 32.0 Å². The zero-order valence-electron chi connectivity index (χ0n) is 17.1. The van der Waals surface area contributed by atoms with Gasteiger partial charge in [0.2, 0.25) is 0 Å². The Morgan fingerprint density at radius 1 is 1.20 bits per heavy atom. The minimum atomic E-state index is -0.822. The molecule has 3 N–H and O–H groups in total. The van der Waals surface area contributed by atoms with Crippen LogP contribution < -0.4 is 5.32 Å². The second kappa shape index (κ2) is 9.02. The Labute approximate surface area is 175 Å². The standard InChI is InChI=1S/C22H29FN4O3/c23-16-6-7-18-19(12-16)26-20(25-18)10-15-13-27(9-8-14(15)11-21(28)29)22(30)24-17-4-2-1-3-5-17/h6-7,12,14-15,17H,1-5,8-11,13H2,(H,24,30)(H,25,26)(H,28,29). The van der Waals surface area contributed by atoms with Crippen LogP contribution in [0.15, 0.2) is 18.2 Å². The van der Waals surface area contributed by atoms with E-state index in [9.17, 15) is 19.1 Å². The van der Waals surface area contributed by atoms with Gasteiger partial charge in [-0.05, 0) is 49.3 Å². The number of nitrogens with one attached hydrogen (secondary N) is 2. The maximum Gasteiger partial charge on any atom is 0.317 e. The minimum Gasteiger partial charge on any atom is -0.481 e. The molecule has 2 aromatic rings. The van der Waals surface area contributed by atoms with E-state index in [1.807, 2.05) is 4.90 Å². The Bertz CT molecular complexity index is 909. The molecule has 2 aliphatic rings.